The molecule has 0 spiro atoms. The van der Waals surface area contributed by atoms with E-state index in [0.717, 1.165) is 35.7 Å². The Morgan fingerprint density at radius 3 is 2.60 bits per heavy atom. The number of piperidine rings is 1. The van der Waals surface area contributed by atoms with Crippen LogP contribution in [-0.2, 0) is 0 Å². The number of pyridine rings is 1. The first kappa shape index (κ1) is 16.3. The molecule has 2 aliphatic rings. The van der Waals surface area contributed by atoms with Crippen LogP contribution >= 0.6 is 0 Å². The summed E-state index contributed by atoms with van der Waals surface area (Å²) in [6.45, 7) is 4.23. The molecule has 4 heterocycles. The maximum atomic E-state index is 9.53. The van der Waals surface area contributed by atoms with Crippen LogP contribution in [0.3, 0.4) is 0 Å². The lowest BCUT2D eigenvalue weighted by Gasteiger charge is -2.40. The van der Waals surface area contributed by atoms with Crippen molar-refractivity contribution in [3.05, 3.63) is 35.9 Å². The molecule has 2 aliphatic heterocycles. The summed E-state index contributed by atoms with van der Waals surface area (Å²) in [4.78, 5) is 15.6. The maximum absolute atomic E-state index is 9.53. The van der Waals surface area contributed by atoms with Gasteiger partial charge in [0.2, 0.25) is 5.88 Å². The summed E-state index contributed by atoms with van der Waals surface area (Å²) in [5, 5.41) is 9.53. The van der Waals surface area contributed by atoms with Crippen LogP contribution in [0.4, 0.5) is 5.82 Å². The number of rotatable bonds is 4. The van der Waals surface area contributed by atoms with Crippen molar-refractivity contribution in [2.45, 2.75) is 51.6 Å². The van der Waals surface area contributed by atoms with Crippen LogP contribution < -0.4 is 9.64 Å². The minimum absolute atomic E-state index is 0.290. The minimum Gasteiger partial charge on any atom is -0.437 e. The highest BCUT2D eigenvalue weighted by atomic mass is 16.5. The standard InChI is InChI=1S/C19H24N4O2/c1-12-18(23-15-5-6-16(23)9-14(8-15)10-24)21-11-22-19(12)25-17-4-3-7-20-13(17)2/h3-4,7,11,14-16,24H,5-6,8-10H2,1-2H3/t14?,15-,16+. The first-order valence-corrected chi connectivity index (χ1v) is 8.97. The molecule has 0 amide bonds. The van der Waals surface area contributed by atoms with E-state index in [0.29, 0.717) is 23.9 Å². The second kappa shape index (κ2) is 6.59. The highest BCUT2D eigenvalue weighted by Gasteiger charge is 2.41. The van der Waals surface area contributed by atoms with Crippen molar-refractivity contribution in [2.75, 3.05) is 11.5 Å². The Morgan fingerprint density at radius 2 is 1.92 bits per heavy atom. The highest BCUT2D eigenvalue weighted by Crippen LogP contribution is 2.43. The Labute approximate surface area is 147 Å². The third-order valence-corrected chi connectivity index (χ3v) is 5.51. The average Bonchev–Trinajstić information content (AvgIpc) is 2.88. The van der Waals surface area contributed by atoms with Gasteiger partial charge in [-0.05, 0) is 57.6 Å². The molecule has 0 radical (unpaired) electrons. The molecule has 0 saturated carbocycles. The number of hydrogen-bond acceptors (Lipinski definition) is 6. The lowest BCUT2D eigenvalue weighted by atomic mass is 9.91. The average molecular weight is 340 g/mol. The van der Waals surface area contributed by atoms with E-state index in [-0.39, 0.29) is 6.61 Å². The molecular formula is C19H24N4O2. The molecule has 25 heavy (non-hydrogen) atoms. The second-order valence-corrected chi connectivity index (χ2v) is 7.13. The number of anilines is 1. The lowest BCUT2D eigenvalue weighted by molar-refractivity contribution is 0.185. The van der Waals surface area contributed by atoms with Crippen LogP contribution in [0.1, 0.15) is 36.9 Å². The first-order chi connectivity index (χ1) is 12.2. The zero-order valence-electron chi connectivity index (χ0n) is 14.7. The van der Waals surface area contributed by atoms with Gasteiger partial charge in [-0.2, -0.15) is 0 Å². The van der Waals surface area contributed by atoms with Crippen LogP contribution in [0.2, 0.25) is 0 Å². The molecule has 2 aromatic rings. The molecule has 2 saturated heterocycles. The van der Waals surface area contributed by atoms with E-state index >= 15 is 0 Å². The monoisotopic (exact) mass is 340 g/mol. The minimum atomic E-state index is 0.290. The van der Waals surface area contributed by atoms with Gasteiger partial charge in [0.05, 0.1) is 11.3 Å². The molecule has 132 valence electrons. The molecule has 0 aromatic carbocycles. The third-order valence-electron chi connectivity index (χ3n) is 5.51. The van der Waals surface area contributed by atoms with Crippen molar-refractivity contribution in [3.63, 3.8) is 0 Å². The van der Waals surface area contributed by atoms with Crippen LogP contribution in [-0.4, -0.2) is 38.7 Å². The molecular weight excluding hydrogens is 316 g/mol. The van der Waals surface area contributed by atoms with E-state index in [1.807, 2.05) is 26.0 Å². The van der Waals surface area contributed by atoms with Gasteiger partial charge in [-0.25, -0.2) is 9.97 Å². The van der Waals surface area contributed by atoms with E-state index in [1.54, 1.807) is 12.5 Å². The van der Waals surface area contributed by atoms with E-state index in [4.69, 9.17) is 4.74 Å². The number of hydrogen-bond donors (Lipinski definition) is 1. The predicted octanol–water partition coefficient (Wildman–Crippen LogP) is 3.02. The number of aliphatic hydroxyl groups excluding tert-OH is 1. The summed E-state index contributed by atoms with van der Waals surface area (Å²) in [5.74, 6) is 2.70. The lowest BCUT2D eigenvalue weighted by Crippen LogP contribution is -2.44. The maximum Gasteiger partial charge on any atom is 0.227 e. The van der Waals surface area contributed by atoms with Crippen molar-refractivity contribution in [1.82, 2.24) is 15.0 Å². The molecule has 2 bridgehead atoms. The SMILES string of the molecule is Cc1ncccc1Oc1ncnc(N2[C@@H]3CC[C@H]2CC(CO)C3)c1C. The molecule has 2 fully saturated rings. The predicted molar refractivity (Wildman–Crippen MR) is 94.9 cm³/mol. The molecule has 2 aromatic heterocycles. The summed E-state index contributed by atoms with van der Waals surface area (Å²) in [5.41, 5.74) is 1.80. The van der Waals surface area contributed by atoms with Gasteiger partial charge >= 0.3 is 0 Å². The zero-order valence-corrected chi connectivity index (χ0v) is 14.7. The Bertz CT molecular complexity index is 753. The molecule has 1 unspecified atom stereocenters. The zero-order chi connectivity index (χ0) is 17.4. The summed E-state index contributed by atoms with van der Waals surface area (Å²) in [6, 6.07) is 4.68. The van der Waals surface area contributed by atoms with Gasteiger partial charge in [0.1, 0.15) is 12.1 Å². The Kier molecular flexibility index (Phi) is 4.29. The number of aromatic nitrogens is 3. The summed E-state index contributed by atoms with van der Waals surface area (Å²) < 4.78 is 6.02. The van der Waals surface area contributed by atoms with Crippen LogP contribution in [0.5, 0.6) is 11.6 Å². The van der Waals surface area contributed by atoms with Crippen molar-refractivity contribution in [2.24, 2.45) is 5.92 Å². The Morgan fingerprint density at radius 1 is 1.16 bits per heavy atom. The van der Waals surface area contributed by atoms with Crippen LogP contribution in [0.15, 0.2) is 24.7 Å². The van der Waals surface area contributed by atoms with Crippen molar-refractivity contribution in [3.8, 4) is 11.6 Å². The van der Waals surface area contributed by atoms with Gasteiger partial charge in [0.25, 0.3) is 0 Å². The second-order valence-electron chi connectivity index (χ2n) is 7.13. The third kappa shape index (κ3) is 2.95. The van der Waals surface area contributed by atoms with Gasteiger partial charge in [0.15, 0.2) is 5.75 Å². The van der Waals surface area contributed by atoms with Gasteiger partial charge in [-0.3, -0.25) is 4.98 Å². The molecule has 6 nitrogen and oxygen atoms in total. The molecule has 1 N–H and O–H groups in total. The fourth-order valence-corrected chi connectivity index (χ4v) is 4.25. The van der Waals surface area contributed by atoms with Crippen LogP contribution in [0.25, 0.3) is 0 Å². The normalized spacial score (nSPS) is 25.2. The Hall–Kier alpha value is -2.21. The topological polar surface area (TPSA) is 71.4 Å². The van der Waals surface area contributed by atoms with Gasteiger partial charge < -0.3 is 14.7 Å². The van der Waals surface area contributed by atoms with Crippen molar-refractivity contribution in [1.29, 1.82) is 0 Å². The number of ether oxygens (including phenoxy) is 1. The quantitative estimate of drug-likeness (QED) is 0.922. The van der Waals surface area contributed by atoms with E-state index in [1.165, 1.54) is 12.8 Å². The van der Waals surface area contributed by atoms with E-state index in [9.17, 15) is 5.11 Å². The van der Waals surface area contributed by atoms with E-state index < -0.39 is 0 Å². The van der Waals surface area contributed by atoms with Gasteiger partial charge in [0, 0.05) is 24.9 Å². The van der Waals surface area contributed by atoms with Crippen molar-refractivity contribution < 1.29 is 9.84 Å². The fraction of sp³-hybridized carbons (Fsp3) is 0.526. The molecule has 4 rings (SSSR count). The number of aryl methyl sites for hydroxylation is 1. The fourth-order valence-electron chi connectivity index (χ4n) is 4.25. The summed E-state index contributed by atoms with van der Waals surface area (Å²) >= 11 is 0. The highest BCUT2D eigenvalue weighted by molar-refractivity contribution is 5.54. The van der Waals surface area contributed by atoms with Gasteiger partial charge in [-0.15, -0.1) is 0 Å². The Balaban J connectivity index is 1.63. The number of fused-ring (bicyclic) bond motifs is 2. The van der Waals surface area contributed by atoms with Gasteiger partial charge in [-0.1, -0.05) is 0 Å². The summed E-state index contributed by atoms with van der Waals surface area (Å²) in [6.07, 6.45) is 7.75. The van der Waals surface area contributed by atoms with E-state index in [2.05, 4.69) is 19.9 Å². The number of aliphatic hydroxyl groups is 1. The largest absolute Gasteiger partial charge is 0.437 e. The molecule has 3 atom stereocenters. The summed E-state index contributed by atoms with van der Waals surface area (Å²) in [7, 11) is 0. The smallest absolute Gasteiger partial charge is 0.227 e. The molecule has 6 heteroatoms. The number of nitrogens with zero attached hydrogens (tertiary/aromatic N) is 4. The first-order valence-electron chi connectivity index (χ1n) is 8.97. The molecule has 0 aliphatic carbocycles. The van der Waals surface area contributed by atoms with Crippen LogP contribution in [0, 0.1) is 19.8 Å². The van der Waals surface area contributed by atoms with Crippen molar-refractivity contribution >= 4 is 5.82 Å².